The van der Waals surface area contributed by atoms with E-state index >= 15 is 4.39 Å². The van der Waals surface area contributed by atoms with E-state index in [0.29, 0.717) is 17.6 Å². The standard InChI is InChI=1S/C24H40FN3O4SSi/c1-16(2)32-23(29)20-14-18-13-19(25)21(17(3)27-33(7,30)24(4,5)6)26-22(18)28(20)15-31-11-12-34(8,9)10/h13-14,16,33H,11-12,15H2,1-10H3/b27-17+. The second-order valence-corrected chi connectivity index (χ2v) is 20.1. The molecule has 192 valence electrons. The molecule has 2 heterocycles. The summed E-state index contributed by atoms with van der Waals surface area (Å²) in [5.74, 6) is -1.12. The van der Waals surface area contributed by atoms with Crippen molar-refractivity contribution in [2.45, 2.75) is 84.8 Å². The molecule has 0 aliphatic heterocycles. The third-order valence-electron chi connectivity index (χ3n) is 5.52. The Morgan fingerprint density at radius 3 is 2.41 bits per heavy atom. The van der Waals surface area contributed by atoms with Gasteiger partial charge in [0.05, 0.1) is 11.8 Å². The number of carbonyl (C=O) groups is 1. The van der Waals surface area contributed by atoms with Gasteiger partial charge in [-0.25, -0.2) is 18.6 Å². The lowest BCUT2D eigenvalue weighted by Gasteiger charge is -2.30. The van der Waals surface area contributed by atoms with Crippen molar-refractivity contribution in [1.82, 2.24) is 9.55 Å². The van der Waals surface area contributed by atoms with Crippen LogP contribution in [0.1, 0.15) is 57.7 Å². The number of aromatic nitrogens is 2. The van der Waals surface area contributed by atoms with Crippen LogP contribution >= 0.6 is 0 Å². The van der Waals surface area contributed by atoms with E-state index in [9.17, 15) is 9.00 Å². The van der Waals surface area contributed by atoms with Gasteiger partial charge in [-0.05, 0) is 69.8 Å². The van der Waals surface area contributed by atoms with Crippen LogP contribution in [0.25, 0.3) is 11.0 Å². The number of pyridine rings is 1. The summed E-state index contributed by atoms with van der Waals surface area (Å²) in [6.45, 7) is 18.1. The summed E-state index contributed by atoms with van der Waals surface area (Å²) in [4.78, 5) is 17.3. The number of ether oxygens (including phenoxy) is 2. The summed E-state index contributed by atoms with van der Waals surface area (Å²) in [5, 5.41) is 0.453. The normalized spacial score (nSPS) is 14.2. The zero-order chi connectivity index (χ0) is 26.1. The largest absolute Gasteiger partial charge is 0.458 e. The molecule has 0 atom stereocenters. The summed E-state index contributed by atoms with van der Waals surface area (Å²) >= 11 is 0. The fourth-order valence-corrected chi connectivity index (χ4v) is 4.72. The molecule has 0 aliphatic carbocycles. The number of halogens is 1. The van der Waals surface area contributed by atoms with Crippen LogP contribution in [0.5, 0.6) is 0 Å². The van der Waals surface area contributed by atoms with Crippen LogP contribution in [0, 0.1) is 5.82 Å². The van der Waals surface area contributed by atoms with Crippen molar-refractivity contribution in [3.63, 3.8) is 0 Å². The minimum Gasteiger partial charge on any atom is -0.458 e. The van der Waals surface area contributed by atoms with Crippen molar-refractivity contribution < 1.29 is 22.9 Å². The monoisotopic (exact) mass is 513 g/mol. The summed E-state index contributed by atoms with van der Waals surface area (Å²) in [6.07, 6.45) is 1.28. The highest BCUT2D eigenvalue weighted by Crippen LogP contribution is 2.26. The molecular formula is C24H40FN3O4SSi. The predicted molar refractivity (Wildman–Crippen MR) is 142 cm³/mol. The summed E-state index contributed by atoms with van der Waals surface area (Å²) in [6, 6.07) is 3.85. The van der Waals surface area contributed by atoms with E-state index < -0.39 is 34.7 Å². The first-order valence-electron chi connectivity index (χ1n) is 11.6. The molecule has 2 aromatic rings. The van der Waals surface area contributed by atoms with E-state index in [2.05, 4.69) is 29.0 Å². The maximum atomic E-state index is 15.0. The van der Waals surface area contributed by atoms with Gasteiger partial charge in [0.25, 0.3) is 0 Å². The number of carbonyl (C=O) groups excluding carboxylic acids is 1. The summed E-state index contributed by atoms with van der Waals surface area (Å²) < 4.78 is 44.8. The molecule has 2 rings (SSSR count). The number of hydrogen-bond acceptors (Lipinski definition) is 5. The van der Waals surface area contributed by atoms with E-state index in [0.717, 1.165) is 6.04 Å². The number of rotatable bonds is 9. The smallest absolute Gasteiger partial charge is 0.355 e. The SMILES string of the molecule is C/C(=N\[SH](C)(=O)C(C)(C)C)c1nc2c(cc1F)cc(C(=O)OC(C)C)n2COCC[Si](C)(C)C. The van der Waals surface area contributed by atoms with Gasteiger partial charge >= 0.3 is 5.97 Å². The maximum absolute atomic E-state index is 15.0. The average molecular weight is 514 g/mol. The van der Waals surface area contributed by atoms with Crippen LogP contribution in [-0.2, 0) is 26.3 Å². The molecule has 34 heavy (non-hydrogen) atoms. The van der Waals surface area contributed by atoms with Crippen molar-refractivity contribution >= 4 is 40.9 Å². The van der Waals surface area contributed by atoms with Crippen LogP contribution in [0.15, 0.2) is 16.5 Å². The van der Waals surface area contributed by atoms with Gasteiger partial charge in [0.2, 0.25) is 0 Å². The van der Waals surface area contributed by atoms with Crippen molar-refractivity contribution in [2.75, 3.05) is 12.9 Å². The molecule has 10 heteroatoms. The van der Waals surface area contributed by atoms with Gasteiger partial charge in [0.1, 0.15) is 23.8 Å². The van der Waals surface area contributed by atoms with Gasteiger partial charge < -0.3 is 9.47 Å². The number of thiol groups is 1. The van der Waals surface area contributed by atoms with Crippen molar-refractivity contribution in [3.05, 3.63) is 29.3 Å². The fourth-order valence-electron chi connectivity index (χ4n) is 3.00. The summed E-state index contributed by atoms with van der Waals surface area (Å²) in [7, 11) is -4.27. The summed E-state index contributed by atoms with van der Waals surface area (Å²) in [5.41, 5.74) is 0.880. The van der Waals surface area contributed by atoms with Crippen LogP contribution in [-0.4, -0.2) is 57.2 Å². The Morgan fingerprint density at radius 1 is 1.26 bits per heavy atom. The van der Waals surface area contributed by atoms with Crippen LogP contribution in [0.3, 0.4) is 0 Å². The fraction of sp³-hybridized carbons (Fsp3) is 0.625. The molecule has 0 aliphatic rings. The molecule has 0 saturated carbocycles. The Hall–Kier alpha value is -1.91. The molecule has 0 bridgehead atoms. The van der Waals surface area contributed by atoms with E-state index in [1.165, 1.54) is 6.07 Å². The van der Waals surface area contributed by atoms with Crippen molar-refractivity contribution in [1.29, 1.82) is 0 Å². The zero-order valence-corrected chi connectivity index (χ0v) is 24.0. The van der Waals surface area contributed by atoms with Crippen LogP contribution in [0.2, 0.25) is 25.7 Å². The molecule has 0 radical (unpaired) electrons. The van der Waals surface area contributed by atoms with E-state index in [1.54, 1.807) is 37.7 Å². The molecule has 7 nitrogen and oxygen atoms in total. The first-order chi connectivity index (χ1) is 15.4. The predicted octanol–water partition coefficient (Wildman–Crippen LogP) is 5.22. The van der Waals surface area contributed by atoms with Gasteiger partial charge in [-0.2, -0.15) is 0 Å². The van der Waals surface area contributed by atoms with E-state index in [4.69, 9.17) is 9.47 Å². The number of fused-ring (bicyclic) bond motifs is 1. The second kappa shape index (κ2) is 10.4. The number of nitrogens with zero attached hydrogens (tertiary/aromatic N) is 3. The first kappa shape index (κ1) is 28.3. The topological polar surface area (TPSA) is 82.8 Å². The van der Waals surface area contributed by atoms with Gasteiger partial charge in [0.15, 0.2) is 5.82 Å². The Balaban J connectivity index is 2.57. The molecule has 0 N–H and O–H groups in total. The van der Waals surface area contributed by atoms with Gasteiger partial charge in [-0.1, -0.05) is 19.6 Å². The molecule has 0 fully saturated rings. The third kappa shape index (κ3) is 7.05. The van der Waals surface area contributed by atoms with Gasteiger partial charge in [0, 0.05) is 31.1 Å². The molecular weight excluding hydrogens is 473 g/mol. The second-order valence-electron chi connectivity index (χ2n) is 11.2. The maximum Gasteiger partial charge on any atom is 0.355 e. The first-order valence-corrected chi connectivity index (χ1v) is 17.4. The van der Waals surface area contributed by atoms with E-state index in [1.807, 2.05) is 20.8 Å². The van der Waals surface area contributed by atoms with Crippen LogP contribution < -0.4 is 0 Å². The lowest BCUT2D eigenvalue weighted by molar-refractivity contribution is 0.0338. The number of esters is 1. The lowest BCUT2D eigenvalue weighted by atomic mass is 10.2. The van der Waals surface area contributed by atoms with Crippen molar-refractivity contribution in [3.8, 4) is 0 Å². The lowest BCUT2D eigenvalue weighted by Crippen LogP contribution is -2.32. The Kier molecular flexibility index (Phi) is 8.64. The quantitative estimate of drug-likeness (QED) is 0.163. The molecule has 0 spiro atoms. The highest BCUT2D eigenvalue weighted by atomic mass is 32.3. The van der Waals surface area contributed by atoms with Gasteiger partial charge in [-0.15, -0.1) is 0 Å². The highest BCUT2D eigenvalue weighted by Gasteiger charge is 2.27. The van der Waals surface area contributed by atoms with Crippen LogP contribution in [0.4, 0.5) is 4.39 Å². The molecule has 2 aromatic heterocycles. The zero-order valence-electron chi connectivity index (χ0n) is 22.2. The molecule has 0 amide bonds. The Morgan fingerprint density at radius 2 is 1.88 bits per heavy atom. The Labute approximate surface area is 204 Å². The number of hydrogen-bond donors (Lipinski definition) is 1. The Bertz CT molecular complexity index is 1130. The minimum atomic E-state index is -2.97. The third-order valence-corrected chi connectivity index (χ3v) is 10.4. The van der Waals surface area contributed by atoms with Crippen molar-refractivity contribution in [2.24, 2.45) is 4.40 Å². The highest BCUT2D eigenvalue weighted by molar-refractivity contribution is 8.02. The van der Waals surface area contributed by atoms with E-state index in [-0.39, 0.29) is 29.9 Å². The molecule has 0 saturated heterocycles. The minimum absolute atomic E-state index is 0.00375. The molecule has 0 aromatic carbocycles. The molecule has 0 unspecified atom stereocenters. The average Bonchev–Trinajstić information content (AvgIpc) is 2.99. The van der Waals surface area contributed by atoms with Gasteiger partial charge in [-0.3, -0.25) is 8.78 Å².